The number of amides is 1. The number of para-hydroxylation sites is 2. The number of carbonyl (C=O) groups is 1. The number of rotatable bonds is 10. The van der Waals surface area contributed by atoms with Gasteiger partial charge in [-0.3, -0.25) is 9.78 Å². The summed E-state index contributed by atoms with van der Waals surface area (Å²) in [6.07, 6.45) is 0.672. The molecule has 3 aromatic carbocycles. The van der Waals surface area contributed by atoms with Gasteiger partial charge in [0.25, 0.3) is 5.91 Å². The summed E-state index contributed by atoms with van der Waals surface area (Å²) in [7, 11) is 0. The minimum Gasteiger partial charge on any atom is -0.396 e. The maximum Gasteiger partial charge on any atom is 0.271 e. The predicted octanol–water partition coefficient (Wildman–Crippen LogP) is 4.57. The molecule has 8 nitrogen and oxygen atoms in total. The fourth-order valence-electron chi connectivity index (χ4n) is 4.71. The van der Waals surface area contributed by atoms with Crippen molar-refractivity contribution in [1.82, 2.24) is 15.3 Å². The van der Waals surface area contributed by atoms with Gasteiger partial charge in [-0.2, -0.15) is 11.8 Å². The van der Waals surface area contributed by atoms with E-state index in [2.05, 4.69) is 22.2 Å². The first-order valence-electron chi connectivity index (χ1n) is 13.3. The van der Waals surface area contributed by atoms with E-state index >= 15 is 0 Å². The zero-order valence-corrected chi connectivity index (χ0v) is 23.1. The van der Waals surface area contributed by atoms with E-state index < -0.39 is 6.29 Å². The van der Waals surface area contributed by atoms with E-state index in [0.717, 1.165) is 33.5 Å². The average Bonchev–Trinajstić information content (AvgIpc) is 3.01. The van der Waals surface area contributed by atoms with E-state index in [1.165, 1.54) is 6.20 Å². The molecule has 1 aromatic heterocycles. The molecule has 2 heterocycles. The third kappa shape index (κ3) is 6.68. The number of benzene rings is 3. The van der Waals surface area contributed by atoms with Crippen molar-refractivity contribution in [3.05, 3.63) is 107 Å². The van der Waals surface area contributed by atoms with Crippen LogP contribution in [0.1, 0.15) is 52.1 Å². The molecule has 1 amide bonds. The van der Waals surface area contributed by atoms with Crippen LogP contribution in [0.4, 0.5) is 0 Å². The highest BCUT2D eigenvalue weighted by Crippen LogP contribution is 2.42. The molecule has 0 spiro atoms. The Morgan fingerprint density at radius 2 is 1.62 bits per heavy atom. The van der Waals surface area contributed by atoms with Gasteiger partial charge in [0.1, 0.15) is 5.69 Å². The number of hydrogen-bond donors (Lipinski definition) is 3. The molecule has 1 saturated heterocycles. The molecule has 4 aromatic rings. The summed E-state index contributed by atoms with van der Waals surface area (Å²) in [6.45, 7) is 2.59. The Labute approximate surface area is 237 Å². The smallest absolute Gasteiger partial charge is 0.271 e. The van der Waals surface area contributed by atoms with E-state index in [1.54, 1.807) is 11.8 Å². The van der Waals surface area contributed by atoms with Crippen LogP contribution >= 0.6 is 11.8 Å². The Morgan fingerprint density at radius 3 is 2.35 bits per heavy atom. The number of fused-ring (bicyclic) bond motifs is 1. The molecule has 0 unspecified atom stereocenters. The maximum absolute atomic E-state index is 12.7. The molecule has 208 valence electrons. The topological polar surface area (TPSA) is 114 Å². The van der Waals surface area contributed by atoms with Gasteiger partial charge in [-0.05, 0) is 28.8 Å². The van der Waals surface area contributed by atoms with Gasteiger partial charge in [0.15, 0.2) is 6.29 Å². The number of nitrogens with zero attached hydrogens (tertiary/aromatic N) is 2. The standard InChI is InChI=1S/C31H33N3O5S/c1-20-28(19-40-15-14-35)38-31(39-29(20)23-10-8-22(18-36)9-11-23)24-12-6-21(7-13-24)16-33-30(37)27-17-32-25-4-2-3-5-26(25)34-27/h2-13,17,20,28-29,31,35-36H,14-16,18-19H2,1H3,(H,33,37)/t20-,28+,29+,31+/m1/s1. The van der Waals surface area contributed by atoms with Crippen molar-refractivity contribution in [2.45, 2.75) is 38.6 Å². The lowest BCUT2D eigenvalue weighted by Crippen LogP contribution is -2.38. The Morgan fingerprint density at radius 1 is 0.925 bits per heavy atom. The summed E-state index contributed by atoms with van der Waals surface area (Å²) in [5.74, 6) is 1.21. The fourth-order valence-corrected chi connectivity index (χ4v) is 5.62. The number of aromatic nitrogens is 2. The van der Waals surface area contributed by atoms with Crippen molar-refractivity contribution in [3.8, 4) is 0 Å². The molecule has 1 aliphatic heterocycles. The van der Waals surface area contributed by atoms with Crippen LogP contribution < -0.4 is 5.32 Å². The lowest BCUT2D eigenvalue weighted by molar-refractivity contribution is -0.268. The second-order valence-electron chi connectivity index (χ2n) is 9.79. The van der Waals surface area contributed by atoms with Crippen LogP contribution in [-0.2, 0) is 22.6 Å². The number of thioether (sulfide) groups is 1. The molecular formula is C31H33N3O5S. The summed E-state index contributed by atoms with van der Waals surface area (Å²) >= 11 is 1.66. The van der Waals surface area contributed by atoms with Gasteiger partial charge in [0, 0.05) is 29.5 Å². The third-order valence-electron chi connectivity index (χ3n) is 7.03. The summed E-state index contributed by atoms with van der Waals surface area (Å²) in [6, 6.07) is 23.1. The Hall–Kier alpha value is -3.34. The van der Waals surface area contributed by atoms with Gasteiger partial charge in [0.2, 0.25) is 0 Å². The van der Waals surface area contributed by atoms with Gasteiger partial charge in [-0.25, -0.2) is 4.98 Å². The molecule has 0 saturated carbocycles. The van der Waals surface area contributed by atoms with Crippen molar-refractivity contribution in [2.75, 3.05) is 18.1 Å². The Balaban J connectivity index is 1.26. The normalized spacial score (nSPS) is 20.9. The van der Waals surface area contributed by atoms with E-state index in [-0.39, 0.29) is 42.9 Å². The minimum atomic E-state index is -0.560. The van der Waals surface area contributed by atoms with Crippen LogP contribution in [0.25, 0.3) is 11.0 Å². The molecule has 0 radical (unpaired) electrons. The van der Waals surface area contributed by atoms with Gasteiger partial charge < -0.3 is 25.0 Å². The summed E-state index contributed by atoms with van der Waals surface area (Å²) in [4.78, 5) is 21.4. The quantitative estimate of drug-likeness (QED) is 0.242. The molecule has 0 bridgehead atoms. The van der Waals surface area contributed by atoms with Gasteiger partial charge in [0.05, 0.1) is 42.7 Å². The molecule has 0 aliphatic carbocycles. The van der Waals surface area contributed by atoms with Gasteiger partial charge in [-0.1, -0.05) is 67.6 Å². The SMILES string of the molecule is C[C@@H]1[C@H](CSCCO)O[C@H](c2ccc(CNC(=O)c3cnc4ccccc4n3)cc2)O[C@@H]1c1ccc(CO)cc1. The first-order valence-corrected chi connectivity index (χ1v) is 14.5. The van der Waals surface area contributed by atoms with Crippen molar-refractivity contribution < 1.29 is 24.5 Å². The molecule has 3 N–H and O–H groups in total. The Kier molecular flexibility index (Phi) is 9.41. The van der Waals surface area contributed by atoms with Crippen LogP contribution in [0, 0.1) is 5.92 Å². The third-order valence-corrected chi connectivity index (χ3v) is 8.06. The number of hydrogen-bond acceptors (Lipinski definition) is 8. The highest BCUT2D eigenvalue weighted by Gasteiger charge is 2.38. The number of aliphatic hydroxyl groups is 2. The lowest BCUT2D eigenvalue weighted by Gasteiger charge is -2.41. The van der Waals surface area contributed by atoms with Crippen LogP contribution in [-0.4, -0.2) is 50.3 Å². The van der Waals surface area contributed by atoms with Crippen molar-refractivity contribution in [1.29, 1.82) is 0 Å². The fraction of sp³-hybridized carbons (Fsp3) is 0.323. The molecule has 1 aliphatic rings. The van der Waals surface area contributed by atoms with E-state index in [1.807, 2.05) is 72.8 Å². The van der Waals surface area contributed by atoms with Crippen LogP contribution in [0.2, 0.25) is 0 Å². The number of carbonyl (C=O) groups excluding carboxylic acids is 1. The zero-order chi connectivity index (χ0) is 27.9. The van der Waals surface area contributed by atoms with E-state index in [9.17, 15) is 15.0 Å². The highest BCUT2D eigenvalue weighted by molar-refractivity contribution is 7.99. The first-order chi connectivity index (χ1) is 19.6. The molecule has 1 fully saturated rings. The molecular weight excluding hydrogens is 526 g/mol. The zero-order valence-electron chi connectivity index (χ0n) is 22.3. The molecule has 5 rings (SSSR count). The summed E-state index contributed by atoms with van der Waals surface area (Å²) in [5.41, 5.74) is 5.40. The second-order valence-corrected chi connectivity index (χ2v) is 10.9. The number of ether oxygens (including phenoxy) is 2. The number of aliphatic hydroxyl groups excluding tert-OH is 2. The second kappa shape index (κ2) is 13.3. The first kappa shape index (κ1) is 28.2. The monoisotopic (exact) mass is 559 g/mol. The molecule has 4 atom stereocenters. The van der Waals surface area contributed by atoms with Crippen LogP contribution in [0.15, 0.2) is 79.0 Å². The highest BCUT2D eigenvalue weighted by atomic mass is 32.2. The Bertz CT molecular complexity index is 1420. The minimum absolute atomic E-state index is 0.00399. The number of nitrogens with one attached hydrogen (secondary N) is 1. The van der Waals surface area contributed by atoms with Crippen LogP contribution in [0.5, 0.6) is 0 Å². The lowest BCUT2D eigenvalue weighted by atomic mass is 9.91. The maximum atomic E-state index is 12.7. The van der Waals surface area contributed by atoms with E-state index in [0.29, 0.717) is 17.8 Å². The van der Waals surface area contributed by atoms with Crippen LogP contribution in [0.3, 0.4) is 0 Å². The summed E-state index contributed by atoms with van der Waals surface area (Å²) in [5, 5.41) is 21.6. The van der Waals surface area contributed by atoms with Crippen molar-refractivity contribution in [3.63, 3.8) is 0 Å². The predicted molar refractivity (Wildman–Crippen MR) is 155 cm³/mol. The van der Waals surface area contributed by atoms with Crippen molar-refractivity contribution in [2.24, 2.45) is 5.92 Å². The van der Waals surface area contributed by atoms with Gasteiger partial charge in [-0.15, -0.1) is 0 Å². The van der Waals surface area contributed by atoms with Crippen molar-refractivity contribution >= 4 is 28.7 Å². The molecule has 40 heavy (non-hydrogen) atoms. The van der Waals surface area contributed by atoms with Gasteiger partial charge >= 0.3 is 0 Å². The molecule has 9 heteroatoms. The summed E-state index contributed by atoms with van der Waals surface area (Å²) < 4.78 is 12.9. The van der Waals surface area contributed by atoms with E-state index in [4.69, 9.17) is 9.47 Å². The average molecular weight is 560 g/mol. The largest absolute Gasteiger partial charge is 0.396 e.